The lowest BCUT2D eigenvalue weighted by molar-refractivity contribution is 0.178. The van der Waals surface area contributed by atoms with Crippen molar-refractivity contribution in [2.24, 2.45) is 7.05 Å². The highest BCUT2D eigenvalue weighted by atomic mass is 16.3. The molecular formula is C11H15N3O2. The van der Waals surface area contributed by atoms with E-state index in [0.717, 1.165) is 16.6 Å². The molecule has 1 aromatic heterocycles. The van der Waals surface area contributed by atoms with E-state index in [1.54, 1.807) is 24.7 Å². The molecule has 2 rings (SSSR count). The molecule has 0 spiro atoms. The van der Waals surface area contributed by atoms with Crippen LogP contribution in [0.2, 0.25) is 0 Å². The molecule has 0 saturated carbocycles. The molecule has 3 N–H and O–H groups in total. The minimum Gasteiger partial charge on any atom is -0.387 e. The third kappa shape index (κ3) is 1.75. The van der Waals surface area contributed by atoms with E-state index in [1.807, 2.05) is 12.1 Å². The van der Waals surface area contributed by atoms with E-state index in [9.17, 15) is 9.90 Å². The van der Waals surface area contributed by atoms with Gasteiger partial charge in [0.1, 0.15) is 0 Å². The number of imidazole rings is 1. The lowest BCUT2D eigenvalue weighted by Crippen LogP contribution is -2.16. The molecule has 0 aliphatic heterocycles. The Hall–Kier alpha value is -1.59. The lowest BCUT2D eigenvalue weighted by atomic mass is 10.1. The van der Waals surface area contributed by atoms with Gasteiger partial charge in [0.15, 0.2) is 0 Å². The average molecular weight is 221 g/mol. The van der Waals surface area contributed by atoms with Gasteiger partial charge in [-0.1, -0.05) is 6.07 Å². The zero-order valence-electron chi connectivity index (χ0n) is 9.32. The molecule has 0 fully saturated rings. The first-order valence-corrected chi connectivity index (χ1v) is 5.15. The molecule has 5 nitrogen and oxygen atoms in total. The minimum atomic E-state index is -0.557. The summed E-state index contributed by atoms with van der Waals surface area (Å²) in [5.41, 5.74) is 2.24. The Kier molecular flexibility index (Phi) is 2.80. The van der Waals surface area contributed by atoms with Crippen molar-refractivity contribution in [1.82, 2.24) is 14.9 Å². The molecule has 0 amide bonds. The number of hydrogen-bond acceptors (Lipinski definition) is 3. The van der Waals surface area contributed by atoms with Crippen molar-refractivity contribution in [3.63, 3.8) is 0 Å². The molecule has 16 heavy (non-hydrogen) atoms. The summed E-state index contributed by atoms with van der Waals surface area (Å²) in [6.45, 7) is 0.489. The first kappa shape index (κ1) is 10.9. The topological polar surface area (TPSA) is 70.1 Å². The highest BCUT2D eigenvalue weighted by Crippen LogP contribution is 2.17. The summed E-state index contributed by atoms with van der Waals surface area (Å²) in [6.07, 6.45) is -0.557. The zero-order valence-corrected chi connectivity index (χ0v) is 9.32. The van der Waals surface area contributed by atoms with Gasteiger partial charge in [0.25, 0.3) is 0 Å². The summed E-state index contributed by atoms with van der Waals surface area (Å²) in [7, 11) is 3.50. The standard InChI is InChI=1S/C11H15N3O2/c1-12-6-10(15)7-3-4-9-8(5-7)13-11(16)14(9)2/h3-5,10,12,15H,6H2,1-2H3,(H,13,16). The Morgan fingerprint density at radius 2 is 2.31 bits per heavy atom. The summed E-state index contributed by atoms with van der Waals surface area (Å²) in [5.74, 6) is 0. The number of benzene rings is 1. The van der Waals surface area contributed by atoms with Gasteiger partial charge >= 0.3 is 5.69 Å². The molecule has 0 aliphatic rings. The summed E-state index contributed by atoms with van der Waals surface area (Å²) in [4.78, 5) is 14.1. The summed E-state index contributed by atoms with van der Waals surface area (Å²) in [5, 5.41) is 12.7. The number of aryl methyl sites for hydroxylation is 1. The van der Waals surface area contributed by atoms with Gasteiger partial charge in [-0.05, 0) is 24.7 Å². The molecule has 86 valence electrons. The van der Waals surface area contributed by atoms with Crippen molar-refractivity contribution in [2.75, 3.05) is 13.6 Å². The molecule has 1 aromatic carbocycles. The Bertz CT molecular complexity index is 556. The Balaban J connectivity index is 2.48. The fourth-order valence-corrected chi connectivity index (χ4v) is 1.77. The van der Waals surface area contributed by atoms with Gasteiger partial charge in [-0.15, -0.1) is 0 Å². The van der Waals surface area contributed by atoms with Crippen LogP contribution in [0.25, 0.3) is 11.0 Å². The molecular weight excluding hydrogens is 206 g/mol. The van der Waals surface area contributed by atoms with Crippen molar-refractivity contribution in [2.45, 2.75) is 6.10 Å². The van der Waals surface area contributed by atoms with E-state index in [0.29, 0.717) is 6.54 Å². The van der Waals surface area contributed by atoms with Crippen molar-refractivity contribution in [3.8, 4) is 0 Å². The van der Waals surface area contributed by atoms with E-state index < -0.39 is 6.10 Å². The van der Waals surface area contributed by atoms with E-state index in [2.05, 4.69) is 10.3 Å². The molecule has 1 unspecified atom stereocenters. The van der Waals surface area contributed by atoms with Gasteiger partial charge in [-0.2, -0.15) is 0 Å². The van der Waals surface area contributed by atoms with E-state index in [-0.39, 0.29) is 5.69 Å². The fraction of sp³-hybridized carbons (Fsp3) is 0.364. The smallest absolute Gasteiger partial charge is 0.326 e. The molecule has 0 radical (unpaired) electrons. The molecule has 0 bridgehead atoms. The number of H-pyrrole nitrogens is 1. The highest BCUT2D eigenvalue weighted by Gasteiger charge is 2.09. The number of aliphatic hydroxyl groups is 1. The predicted molar refractivity (Wildman–Crippen MR) is 62.4 cm³/mol. The Morgan fingerprint density at radius 3 is 3.00 bits per heavy atom. The number of aliphatic hydroxyl groups excluding tert-OH is 1. The van der Waals surface area contributed by atoms with Crippen molar-refractivity contribution in [1.29, 1.82) is 0 Å². The molecule has 5 heteroatoms. The first-order valence-electron chi connectivity index (χ1n) is 5.15. The third-order valence-electron chi connectivity index (χ3n) is 2.71. The highest BCUT2D eigenvalue weighted by molar-refractivity contribution is 5.76. The second-order valence-corrected chi connectivity index (χ2v) is 3.84. The maximum absolute atomic E-state index is 11.4. The second kappa shape index (κ2) is 4.11. The molecule has 2 aromatic rings. The fourth-order valence-electron chi connectivity index (χ4n) is 1.77. The quantitative estimate of drug-likeness (QED) is 0.689. The molecule has 1 atom stereocenters. The van der Waals surface area contributed by atoms with Crippen LogP contribution in [0.3, 0.4) is 0 Å². The Morgan fingerprint density at radius 1 is 1.56 bits per heavy atom. The number of aromatic nitrogens is 2. The molecule has 1 heterocycles. The summed E-state index contributed by atoms with van der Waals surface area (Å²) >= 11 is 0. The monoisotopic (exact) mass is 221 g/mol. The SMILES string of the molecule is CNCC(O)c1ccc2c(c1)[nH]c(=O)n2C. The zero-order chi connectivity index (χ0) is 11.7. The van der Waals surface area contributed by atoms with Gasteiger partial charge in [0.2, 0.25) is 0 Å². The van der Waals surface area contributed by atoms with Gasteiger partial charge < -0.3 is 15.4 Å². The maximum Gasteiger partial charge on any atom is 0.326 e. The lowest BCUT2D eigenvalue weighted by Gasteiger charge is -2.09. The van der Waals surface area contributed by atoms with Crippen LogP contribution < -0.4 is 11.0 Å². The van der Waals surface area contributed by atoms with Crippen LogP contribution in [-0.4, -0.2) is 28.3 Å². The average Bonchev–Trinajstić information content (AvgIpc) is 2.55. The van der Waals surface area contributed by atoms with Crippen molar-refractivity contribution < 1.29 is 5.11 Å². The predicted octanol–water partition coefficient (Wildman–Crippen LogP) is 0.119. The Labute approximate surface area is 92.7 Å². The number of fused-ring (bicyclic) bond motifs is 1. The first-order chi connectivity index (χ1) is 7.63. The van der Waals surface area contributed by atoms with Gasteiger partial charge in [-0.3, -0.25) is 4.57 Å². The van der Waals surface area contributed by atoms with E-state index >= 15 is 0 Å². The van der Waals surface area contributed by atoms with Crippen LogP contribution >= 0.6 is 0 Å². The van der Waals surface area contributed by atoms with Crippen LogP contribution in [0.5, 0.6) is 0 Å². The number of nitrogens with zero attached hydrogens (tertiary/aromatic N) is 1. The van der Waals surface area contributed by atoms with E-state index in [1.165, 1.54) is 0 Å². The number of rotatable bonds is 3. The molecule has 0 saturated heterocycles. The number of nitrogens with one attached hydrogen (secondary N) is 2. The van der Waals surface area contributed by atoms with Crippen molar-refractivity contribution in [3.05, 3.63) is 34.2 Å². The summed E-state index contributed by atoms with van der Waals surface area (Å²) in [6, 6.07) is 5.47. The normalized spacial score (nSPS) is 13.2. The van der Waals surface area contributed by atoms with Gasteiger partial charge in [0.05, 0.1) is 17.1 Å². The number of aromatic amines is 1. The van der Waals surface area contributed by atoms with Crippen molar-refractivity contribution >= 4 is 11.0 Å². The van der Waals surface area contributed by atoms with Crippen LogP contribution in [0, 0.1) is 0 Å². The van der Waals surface area contributed by atoms with Crippen LogP contribution in [0.4, 0.5) is 0 Å². The van der Waals surface area contributed by atoms with Crippen LogP contribution in [-0.2, 0) is 7.05 Å². The number of hydrogen-bond donors (Lipinski definition) is 3. The second-order valence-electron chi connectivity index (χ2n) is 3.84. The van der Waals surface area contributed by atoms with Crippen LogP contribution in [0.1, 0.15) is 11.7 Å². The van der Waals surface area contributed by atoms with Gasteiger partial charge in [-0.25, -0.2) is 4.79 Å². The minimum absolute atomic E-state index is 0.143. The molecule has 0 aliphatic carbocycles. The van der Waals surface area contributed by atoms with Crippen LogP contribution in [0.15, 0.2) is 23.0 Å². The largest absolute Gasteiger partial charge is 0.387 e. The maximum atomic E-state index is 11.4. The number of likely N-dealkylation sites (N-methyl/N-ethyl adjacent to an activating group) is 1. The van der Waals surface area contributed by atoms with Gasteiger partial charge in [0, 0.05) is 13.6 Å². The third-order valence-corrected chi connectivity index (χ3v) is 2.71. The summed E-state index contributed by atoms with van der Waals surface area (Å²) < 4.78 is 1.55. The van der Waals surface area contributed by atoms with E-state index in [4.69, 9.17) is 0 Å².